The van der Waals surface area contributed by atoms with E-state index >= 15 is 0 Å². The average Bonchev–Trinajstić information content (AvgIpc) is 2.60. The molecule has 1 heterocycles. The van der Waals surface area contributed by atoms with Gasteiger partial charge in [-0.05, 0) is 31.9 Å². The van der Waals surface area contributed by atoms with Crippen molar-refractivity contribution in [3.8, 4) is 0 Å². The zero-order valence-corrected chi connectivity index (χ0v) is 11.6. The van der Waals surface area contributed by atoms with E-state index in [1.54, 1.807) is 0 Å². The van der Waals surface area contributed by atoms with Crippen LogP contribution in [0.4, 0.5) is 0 Å². The number of Topliss-reactive ketones (excluding diaryl/α,β-unsaturated/α-hetero) is 1. The summed E-state index contributed by atoms with van der Waals surface area (Å²) in [5.41, 5.74) is 2.20. The highest BCUT2D eigenvalue weighted by molar-refractivity contribution is 6.01. The Morgan fingerprint density at radius 3 is 2.63 bits per heavy atom. The van der Waals surface area contributed by atoms with Gasteiger partial charge < -0.3 is 4.90 Å². The molecule has 0 N–H and O–H groups in total. The number of fused-ring (bicyclic) bond motifs is 1. The molecule has 19 heavy (non-hydrogen) atoms. The number of nitrogens with zero attached hydrogens (tertiary/aromatic N) is 2. The molecule has 1 aromatic rings. The van der Waals surface area contributed by atoms with Crippen LogP contribution in [0.5, 0.6) is 0 Å². The summed E-state index contributed by atoms with van der Waals surface area (Å²) in [6, 6.07) is 8.26. The molecule has 0 spiro atoms. The Bertz CT molecular complexity index is 464. The minimum absolute atomic E-state index is 0.109. The Balaban J connectivity index is 1.82. The van der Waals surface area contributed by atoms with Crippen molar-refractivity contribution in [3.63, 3.8) is 0 Å². The van der Waals surface area contributed by atoms with Crippen LogP contribution in [-0.4, -0.2) is 54.9 Å². The number of hydrogen-bond acceptors (Lipinski definition) is 3. The number of piperazine rings is 1. The molecule has 1 atom stereocenters. The molecule has 102 valence electrons. The van der Waals surface area contributed by atoms with Crippen molar-refractivity contribution >= 4 is 5.78 Å². The summed E-state index contributed by atoms with van der Waals surface area (Å²) in [4.78, 5) is 17.5. The molecule has 0 bridgehead atoms. The molecule has 0 aromatic heterocycles. The lowest BCUT2D eigenvalue weighted by Gasteiger charge is -2.37. The van der Waals surface area contributed by atoms with Crippen LogP contribution < -0.4 is 0 Å². The van der Waals surface area contributed by atoms with Gasteiger partial charge in [-0.2, -0.15) is 0 Å². The number of carbonyl (C=O) groups is 1. The lowest BCUT2D eigenvalue weighted by Crippen LogP contribution is -2.51. The molecule has 1 saturated heterocycles. The quantitative estimate of drug-likeness (QED) is 0.718. The summed E-state index contributed by atoms with van der Waals surface area (Å²) in [6.45, 7) is 4.20. The van der Waals surface area contributed by atoms with E-state index in [0.717, 1.165) is 51.0 Å². The van der Waals surface area contributed by atoms with Crippen molar-refractivity contribution in [1.29, 1.82) is 0 Å². The molecule has 1 aliphatic heterocycles. The summed E-state index contributed by atoms with van der Waals surface area (Å²) >= 11 is 0. The molecular formula is C16H22N2O. The second kappa shape index (κ2) is 5.43. The van der Waals surface area contributed by atoms with Gasteiger partial charge in [-0.3, -0.25) is 9.69 Å². The minimum atomic E-state index is 0.109. The predicted molar refractivity (Wildman–Crippen MR) is 76.6 cm³/mol. The molecule has 2 aliphatic rings. The maximum atomic E-state index is 12.8. The van der Waals surface area contributed by atoms with Crippen LogP contribution in [0.1, 0.15) is 28.8 Å². The lowest BCUT2D eigenvalue weighted by molar-refractivity contribution is 0.0691. The third kappa shape index (κ3) is 2.58. The van der Waals surface area contributed by atoms with Gasteiger partial charge in [-0.25, -0.2) is 0 Å². The number of aryl methyl sites for hydroxylation is 1. The minimum Gasteiger partial charge on any atom is -0.304 e. The average molecular weight is 258 g/mol. The maximum absolute atomic E-state index is 12.8. The van der Waals surface area contributed by atoms with Crippen LogP contribution in [0.25, 0.3) is 0 Å². The van der Waals surface area contributed by atoms with Crippen LogP contribution in [0.3, 0.4) is 0 Å². The summed E-state index contributed by atoms with van der Waals surface area (Å²) in [5.74, 6) is 0.345. The van der Waals surface area contributed by atoms with Gasteiger partial charge in [0.05, 0.1) is 6.04 Å². The molecule has 0 unspecified atom stereocenters. The van der Waals surface area contributed by atoms with Gasteiger partial charge in [-0.15, -0.1) is 0 Å². The normalized spacial score (nSPS) is 25.9. The molecular weight excluding hydrogens is 236 g/mol. The smallest absolute Gasteiger partial charge is 0.180 e. The highest BCUT2D eigenvalue weighted by atomic mass is 16.1. The van der Waals surface area contributed by atoms with Crippen LogP contribution in [-0.2, 0) is 6.42 Å². The molecule has 3 heteroatoms. The third-order valence-corrected chi connectivity index (χ3v) is 4.49. The number of benzene rings is 1. The first kappa shape index (κ1) is 12.8. The van der Waals surface area contributed by atoms with E-state index < -0.39 is 0 Å². The van der Waals surface area contributed by atoms with E-state index in [9.17, 15) is 4.79 Å². The first-order valence-electron chi connectivity index (χ1n) is 7.30. The van der Waals surface area contributed by atoms with E-state index in [0.29, 0.717) is 5.78 Å². The molecule has 3 rings (SSSR count). The topological polar surface area (TPSA) is 23.6 Å². The summed E-state index contributed by atoms with van der Waals surface area (Å²) in [7, 11) is 2.15. The fourth-order valence-electron chi connectivity index (χ4n) is 3.26. The van der Waals surface area contributed by atoms with Crippen molar-refractivity contribution in [2.24, 2.45) is 0 Å². The first-order valence-corrected chi connectivity index (χ1v) is 7.30. The maximum Gasteiger partial charge on any atom is 0.180 e. The molecule has 1 aliphatic carbocycles. The Kier molecular flexibility index (Phi) is 3.67. The third-order valence-electron chi connectivity index (χ3n) is 4.49. The number of carbonyl (C=O) groups excluding carboxylic acids is 1. The number of hydrogen-bond donors (Lipinski definition) is 0. The monoisotopic (exact) mass is 258 g/mol. The SMILES string of the molecule is CN1CCN([C@@H]2CCCc3ccccc3C2=O)CC1. The number of ketones is 1. The van der Waals surface area contributed by atoms with E-state index in [-0.39, 0.29) is 6.04 Å². The molecule has 3 nitrogen and oxygen atoms in total. The second-order valence-electron chi connectivity index (χ2n) is 5.77. The number of rotatable bonds is 1. The molecule has 0 amide bonds. The Morgan fingerprint density at radius 1 is 1.11 bits per heavy atom. The van der Waals surface area contributed by atoms with Crippen LogP contribution in [0.2, 0.25) is 0 Å². The fraction of sp³-hybridized carbons (Fsp3) is 0.562. The molecule has 1 fully saturated rings. The highest BCUT2D eigenvalue weighted by Crippen LogP contribution is 2.24. The van der Waals surface area contributed by atoms with E-state index in [1.807, 2.05) is 18.2 Å². The Labute approximate surface area is 115 Å². The first-order chi connectivity index (χ1) is 9.25. The molecule has 1 aromatic carbocycles. The number of likely N-dealkylation sites (N-methyl/N-ethyl adjacent to an activating group) is 1. The summed E-state index contributed by atoms with van der Waals surface area (Å²) < 4.78 is 0. The second-order valence-corrected chi connectivity index (χ2v) is 5.77. The van der Waals surface area contributed by atoms with Crippen LogP contribution in [0, 0.1) is 0 Å². The lowest BCUT2D eigenvalue weighted by atomic mass is 9.99. The van der Waals surface area contributed by atoms with E-state index in [1.165, 1.54) is 5.56 Å². The standard InChI is InChI=1S/C16H22N2O/c1-17-9-11-18(12-10-17)15-8-4-6-13-5-2-3-7-14(13)16(15)19/h2-3,5,7,15H,4,6,8-12H2,1H3/t15-/m1/s1. The van der Waals surface area contributed by atoms with E-state index in [2.05, 4.69) is 22.9 Å². The summed E-state index contributed by atoms with van der Waals surface area (Å²) in [6.07, 6.45) is 3.18. The van der Waals surface area contributed by atoms with Crippen molar-refractivity contribution in [2.75, 3.05) is 33.2 Å². The van der Waals surface area contributed by atoms with Gasteiger partial charge in [0.15, 0.2) is 5.78 Å². The van der Waals surface area contributed by atoms with Crippen molar-refractivity contribution in [3.05, 3.63) is 35.4 Å². The van der Waals surface area contributed by atoms with Crippen LogP contribution in [0.15, 0.2) is 24.3 Å². The van der Waals surface area contributed by atoms with Crippen molar-refractivity contribution in [2.45, 2.75) is 25.3 Å². The van der Waals surface area contributed by atoms with Gasteiger partial charge >= 0.3 is 0 Å². The largest absolute Gasteiger partial charge is 0.304 e. The summed E-state index contributed by atoms with van der Waals surface area (Å²) in [5, 5.41) is 0. The Morgan fingerprint density at radius 2 is 1.84 bits per heavy atom. The van der Waals surface area contributed by atoms with Gasteiger partial charge in [0.25, 0.3) is 0 Å². The zero-order chi connectivity index (χ0) is 13.2. The molecule has 0 saturated carbocycles. The van der Waals surface area contributed by atoms with Gasteiger partial charge in [0.2, 0.25) is 0 Å². The zero-order valence-electron chi connectivity index (χ0n) is 11.6. The van der Waals surface area contributed by atoms with Gasteiger partial charge in [0.1, 0.15) is 0 Å². The highest BCUT2D eigenvalue weighted by Gasteiger charge is 2.31. The fourth-order valence-corrected chi connectivity index (χ4v) is 3.26. The predicted octanol–water partition coefficient (Wildman–Crippen LogP) is 1.82. The van der Waals surface area contributed by atoms with Crippen LogP contribution >= 0.6 is 0 Å². The molecule has 0 radical (unpaired) electrons. The van der Waals surface area contributed by atoms with Gasteiger partial charge in [-0.1, -0.05) is 24.3 Å². The van der Waals surface area contributed by atoms with Crippen molar-refractivity contribution in [1.82, 2.24) is 9.80 Å². The van der Waals surface area contributed by atoms with Crippen molar-refractivity contribution < 1.29 is 4.79 Å². The van der Waals surface area contributed by atoms with Gasteiger partial charge in [0, 0.05) is 31.7 Å². The Hall–Kier alpha value is -1.19. The van der Waals surface area contributed by atoms with E-state index in [4.69, 9.17) is 0 Å².